The van der Waals surface area contributed by atoms with Crippen LogP contribution in [0.4, 0.5) is 8.78 Å². The first-order valence-corrected chi connectivity index (χ1v) is 7.02. The maximum atomic E-state index is 12.5. The van der Waals surface area contributed by atoms with Gasteiger partial charge in [0.1, 0.15) is 10.6 Å². The van der Waals surface area contributed by atoms with E-state index in [4.69, 9.17) is 10.7 Å². The maximum absolute atomic E-state index is 12.5. The molecule has 0 radical (unpaired) electrons. The molecule has 1 rings (SSSR count). The summed E-state index contributed by atoms with van der Waals surface area (Å²) in [5, 5.41) is 0. The second kappa shape index (κ2) is 4.46. The topological polar surface area (TPSA) is 47.0 Å². The predicted octanol–water partition coefficient (Wildman–Crippen LogP) is 2.86. The fraction of sp³-hybridized carbons (Fsp3) is 0.286. The number of hydrogen-bond donors (Lipinski definition) is 0. The Morgan fingerprint density at radius 3 is 2.47 bits per heavy atom. The van der Waals surface area contributed by atoms with Crippen LogP contribution in [0.5, 0.6) is 0 Å². The SMILES string of the molecule is Cc1nc(C(F)F)c(S(=O)(=O)Cl)cc1I. The van der Waals surface area contributed by atoms with Gasteiger partial charge in [-0.05, 0) is 35.6 Å². The van der Waals surface area contributed by atoms with Crippen molar-refractivity contribution in [3.05, 3.63) is 21.0 Å². The minimum Gasteiger partial charge on any atom is -0.250 e. The molecule has 0 bridgehead atoms. The highest BCUT2D eigenvalue weighted by atomic mass is 127. The summed E-state index contributed by atoms with van der Waals surface area (Å²) in [6, 6.07) is 1.09. The molecule has 0 aromatic carbocycles. The summed E-state index contributed by atoms with van der Waals surface area (Å²) in [4.78, 5) is 2.89. The van der Waals surface area contributed by atoms with Crippen molar-refractivity contribution < 1.29 is 17.2 Å². The Balaban J connectivity index is 3.56. The van der Waals surface area contributed by atoms with Crippen LogP contribution < -0.4 is 0 Å². The zero-order valence-electron chi connectivity index (χ0n) is 7.34. The Hall–Kier alpha value is -0.0200. The Labute approximate surface area is 103 Å². The number of hydrogen-bond acceptors (Lipinski definition) is 3. The van der Waals surface area contributed by atoms with E-state index in [-0.39, 0.29) is 0 Å². The van der Waals surface area contributed by atoms with E-state index < -0.39 is 26.1 Å². The highest BCUT2D eigenvalue weighted by Crippen LogP contribution is 2.29. The van der Waals surface area contributed by atoms with Crippen LogP contribution in [0.25, 0.3) is 0 Å². The molecule has 0 N–H and O–H groups in total. The smallest absolute Gasteiger partial charge is 0.250 e. The van der Waals surface area contributed by atoms with E-state index in [0.29, 0.717) is 9.26 Å². The molecule has 3 nitrogen and oxygen atoms in total. The first kappa shape index (κ1) is 13.0. The van der Waals surface area contributed by atoms with Gasteiger partial charge in [0, 0.05) is 14.3 Å². The number of aryl methyl sites for hydroxylation is 1. The number of pyridine rings is 1. The highest BCUT2D eigenvalue weighted by Gasteiger charge is 2.24. The van der Waals surface area contributed by atoms with Gasteiger partial charge >= 0.3 is 0 Å². The van der Waals surface area contributed by atoms with Crippen LogP contribution >= 0.6 is 33.3 Å². The lowest BCUT2D eigenvalue weighted by Crippen LogP contribution is -2.04. The molecule has 1 aromatic heterocycles. The third-order valence-corrected chi connectivity index (χ3v) is 4.06. The van der Waals surface area contributed by atoms with Crippen molar-refractivity contribution in [1.29, 1.82) is 0 Å². The number of alkyl halides is 2. The van der Waals surface area contributed by atoms with Crippen LogP contribution in [0.3, 0.4) is 0 Å². The summed E-state index contributed by atoms with van der Waals surface area (Å²) < 4.78 is 47.5. The molecule has 0 atom stereocenters. The molecule has 0 aliphatic heterocycles. The standard InChI is InChI=1S/C7H5ClF2INO2S/c1-3-4(11)2-5(15(8,13)14)6(12-3)7(9)10/h2,7H,1H3. The van der Waals surface area contributed by atoms with Crippen LogP contribution in [0.2, 0.25) is 0 Å². The van der Waals surface area contributed by atoms with E-state index in [1.54, 1.807) is 22.6 Å². The van der Waals surface area contributed by atoms with Gasteiger partial charge in [0.15, 0.2) is 0 Å². The van der Waals surface area contributed by atoms with Gasteiger partial charge in [0.05, 0.1) is 5.69 Å². The molecule has 15 heavy (non-hydrogen) atoms. The van der Waals surface area contributed by atoms with E-state index in [1.807, 2.05) is 0 Å². The number of aromatic nitrogens is 1. The van der Waals surface area contributed by atoms with Crippen LogP contribution in [0.15, 0.2) is 11.0 Å². The average molecular weight is 368 g/mol. The molecule has 0 saturated heterocycles. The van der Waals surface area contributed by atoms with E-state index >= 15 is 0 Å². The molecule has 0 aliphatic rings. The number of nitrogens with zero attached hydrogens (tertiary/aromatic N) is 1. The van der Waals surface area contributed by atoms with Crippen LogP contribution in [0, 0.1) is 10.5 Å². The summed E-state index contributed by atoms with van der Waals surface area (Å²) >= 11 is 1.80. The van der Waals surface area contributed by atoms with Gasteiger partial charge < -0.3 is 0 Å². The number of rotatable bonds is 2. The number of halogens is 4. The van der Waals surface area contributed by atoms with Crippen molar-refractivity contribution in [1.82, 2.24) is 4.98 Å². The van der Waals surface area contributed by atoms with Gasteiger partial charge in [-0.15, -0.1) is 0 Å². The normalized spacial score (nSPS) is 12.1. The van der Waals surface area contributed by atoms with E-state index in [0.717, 1.165) is 6.07 Å². The van der Waals surface area contributed by atoms with Gasteiger partial charge in [-0.3, -0.25) is 0 Å². The van der Waals surface area contributed by atoms with E-state index in [9.17, 15) is 17.2 Å². The monoisotopic (exact) mass is 367 g/mol. The second-order valence-electron chi connectivity index (χ2n) is 2.68. The molecule has 0 saturated carbocycles. The van der Waals surface area contributed by atoms with Crippen LogP contribution in [-0.2, 0) is 9.05 Å². The predicted molar refractivity (Wildman–Crippen MR) is 59.7 cm³/mol. The quantitative estimate of drug-likeness (QED) is 0.596. The minimum absolute atomic E-state index is 0.343. The van der Waals surface area contributed by atoms with Crippen molar-refractivity contribution in [3.63, 3.8) is 0 Å². The highest BCUT2D eigenvalue weighted by molar-refractivity contribution is 14.1. The zero-order chi connectivity index (χ0) is 11.8. The summed E-state index contributed by atoms with van der Waals surface area (Å²) in [7, 11) is 0.835. The molecule has 0 spiro atoms. The molecular weight excluding hydrogens is 363 g/mol. The summed E-state index contributed by atoms with van der Waals surface area (Å²) in [5.74, 6) is 0. The van der Waals surface area contributed by atoms with Crippen molar-refractivity contribution in [2.45, 2.75) is 18.2 Å². The molecule has 0 amide bonds. The molecule has 1 aromatic rings. The minimum atomic E-state index is -4.19. The molecule has 0 fully saturated rings. The van der Waals surface area contributed by atoms with E-state index in [1.165, 1.54) is 6.92 Å². The molecule has 8 heteroatoms. The van der Waals surface area contributed by atoms with Crippen molar-refractivity contribution in [2.24, 2.45) is 0 Å². The Morgan fingerprint density at radius 2 is 2.07 bits per heavy atom. The Bertz CT molecular complexity index is 492. The van der Waals surface area contributed by atoms with Crippen molar-refractivity contribution in [3.8, 4) is 0 Å². The molecule has 0 unspecified atom stereocenters. The largest absolute Gasteiger partial charge is 0.281 e. The summed E-state index contributed by atoms with van der Waals surface area (Å²) in [6.07, 6.45) is -2.97. The lowest BCUT2D eigenvalue weighted by atomic mass is 10.3. The molecule has 1 heterocycles. The Morgan fingerprint density at radius 1 is 1.53 bits per heavy atom. The third kappa shape index (κ3) is 2.97. The van der Waals surface area contributed by atoms with Gasteiger partial charge in [-0.25, -0.2) is 22.2 Å². The fourth-order valence-electron chi connectivity index (χ4n) is 0.934. The van der Waals surface area contributed by atoms with Crippen molar-refractivity contribution in [2.75, 3.05) is 0 Å². The van der Waals surface area contributed by atoms with Gasteiger partial charge in [-0.1, -0.05) is 0 Å². The lowest BCUT2D eigenvalue weighted by molar-refractivity contribution is 0.142. The first-order valence-electron chi connectivity index (χ1n) is 3.63. The zero-order valence-corrected chi connectivity index (χ0v) is 11.1. The average Bonchev–Trinajstić information content (AvgIpc) is 2.06. The lowest BCUT2D eigenvalue weighted by Gasteiger charge is -2.07. The molecule has 0 aliphatic carbocycles. The second-order valence-corrected chi connectivity index (χ2v) is 6.37. The van der Waals surface area contributed by atoms with Gasteiger partial charge in [0.25, 0.3) is 15.5 Å². The van der Waals surface area contributed by atoms with Gasteiger partial charge in [-0.2, -0.15) is 0 Å². The Kier molecular flexibility index (Phi) is 3.88. The molecule has 84 valence electrons. The summed E-state index contributed by atoms with van der Waals surface area (Å²) in [5.41, 5.74) is -0.460. The van der Waals surface area contributed by atoms with E-state index in [2.05, 4.69) is 4.98 Å². The summed E-state index contributed by atoms with van der Waals surface area (Å²) in [6.45, 7) is 1.51. The first-order chi connectivity index (χ1) is 6.73. The maximum Gasteiger partial charge on any atom is 0.281 e. The van der Waals surface area contributed by atoms with Gasteiger partial charge in [0.2, 0.25) is 0 Å². The third-order valence-electron chi connectivity index (χ3n) is 1.61. The van der Waals surface area contributed by atoms with Crippen molar-refractivity contribution >= 4 is 42.3 Å². The van der Waals surface area contributed by atoms with Crippen LogP contribution in [0.1, 0.15) is 17.8 Å². The van der Waals surface area contributed by atoms with Crippen LogP contribution in [-0.4, -0.2) is 13.4 Å². The fourth-order valence-corrected chi connectivity index (χ4v) is 2.59. The molecular formula is C7H5ClF2INO2S.